The molecule has 9 heteroatoms. The maximum absolute atomic E-state index is 13.6. The van der Waals surface area contributed by atoms with Crippen LogP contribution in [0.25, 0.3) is 0 Å². The van der Waals surface area contributed by atoms with Crippen LogP contribution in [-0.4, -0.2) is 61.8 Å². The number of hydrogen-bond donors (Lipinski definition) is 1. The number of carbonyl (C=O) groups excluding carboxylic acids is 1. The van der Waals surface area contributed by atoms with E-state index in [4.69, 9.17) is 18.9 Å². The number of ether oxygens (including phenoxy) is 4. The Kier molecular flexibility index (Phi) is 7.63. The number of fused-ring (bicyclic) bond motifs is 1. The molecule has 1 atom stereocenters. The highest BCUT2D eigenvalue weighted by Crippen LogP contribution is 2.34. The molecular formula is C24H34N4O5. The Morgan fingerprint density at radius 3 is 2.30 bits per heavy atom. The molecule has 1 amide bonds. The number of carbonyl (C=O) groups is 1. The van der Waals surface area contributed by atoms with Crippen LogP contribution in [0.5, 0.6) is 23.4 Å². The highest BCUT2D eigenvalue weighted by atomic mass is 16.5. The molecule has 0 saturated heterocycles. The fourth-order valence-electron chi connectivity index (χ4n) is 4.00. The summed E-state index contributed by atoms with van der Waals surface area (Å²) < 4.78 is 21.3. The summed E-state index contributed by atoms with van der Waals surface area (Å²) in [4.78, 5) is 23.9. The number of nitrogens with zero attached hydrogens (tertiary/aromatic N) is 3. The molecule has 9 nitrogen and oxygen atoms in total. The van der Waals surface area contributed by atoms with Crippen LogP contribution in [-0.2, 0) is 24.3 Å². The molecule has 0 spiro atoms. The Balaban J connectivity index is 1.78. The van der Waals surface area contributed by atoms with Crippen LogP contribution in [0.4, 0.5) is 0 Å². The fraction of sp³-hybridized carbons (Fsp3) is 0.542. The van der Waals surface area contributed by atoms with E-state index >= 15 is 0 Å². The number of amides is 1. The fourth-order valence-corrected chi connectivity index (χ4v) is 4.00. The van der Waals surface area contributed by atoms with Crippen molar-refractivity contribution in [3.63, 3.8) is 0 Å². The normalized spacial score (nSPS) is 14.3. The highest BCUT2D eigenvalue weighted by molar-refractivity contribution is 5.83. The summed E-state index contributed by atoms with van der Waals surface area (Å²) >= 11 is 0. The minimum atomic E-state index is -0.411. The quantitative estimate of drug-likeness (QED) is 0.645. The molecule has 180 valence electrons. The van der Waals surface area contributed by atoms with E-state index in [0.29, 0.717) is 37.0 Å². The zero-order valence-corrected chi connectivity index (χ0v) is 20.5. The van der Waals surface area contributed by atoms with Crippen molar-refractivity contribution in [3.8, 4) is 23.4 Å². The van der Waals surface area contributed by atoms with Gasteiger partial charge in [0.1, 0.15) is 0 Å². The minimum absolute atomic E-state index is 0.0522. The van der Waals surface area contributed by atoms with E-state index in [1.807, 2.05) is 17.0 Å². The molecule has 1 aliphatic heterocycles. The molecule has 0 radical (unpaired) electrons. The topological polar surface area (TPSA) is 95.0 Å². The maximum atomic E-state index is 13.6. The van der Waals surface area contributed by atoms with Crippen molar-refractivity contribution in [2.45, 2.75) is 46.3 Å². The van der Waals surface area contributed by atoms with E-state index in [2.05, 4.69) is 36.1 Å². The number of nitrogens with one attached hydrogen (secondary N) is 1. The predicted octanol–water partition coefficient (Wildman–Crippen LogP) is 2.60. The van der Waals surface area contributed by atoms with Crippen LogP contribution in [0.2, 0.25) is 0 Å². The van der Waals surface area contributed by atoms with Crippen molar-refractivity contribution in [1.29, 1.82) is 0 Å². The summed E-state index contributed by atoms with van der Waals surface area (Å²) in [5.74, 6) is 1.85. The lowest BCUT2D eigenvalue weighted by Crippen LogP contribution is -2.53. The van der Waals surface area contributed by atoms with Gasteiger partial charge in [-0.05, 0) is 35.1 Å². The van der Waals surface area contributed by atoms with Crippen LogP contribution < -0.4 is 24.3 Å². The summed E-state index contributed by atoms with van der Waals surface area (Å²) in [5.41, 5.74) is 2.69. The molecule has 0 bridgehead atoms. The summed E-state index contributed by atoms with van der Waals surface area (Å²) in [6.07, 6.45) is 2.41. The first-order chi connectivity index (χ1) is 15.7. The average Bonchev–Trinajstić information content (AvgIpc) is 2.81. The molecule has 0 fully saturated rings. The van der Waals surface area contributed by atoms with Gasteiger partial charge in [-0.25, -0.2) is 4.98 Å². The second-order valence-corrected chi connectivity index (χ2v) is 9.06. The molecule has 2 heterocycles. The number of hydrogen-bond acceptors (Lipinski definition) is 8. The third-order valence-electron chi connectivity index (χ3n) is 5.82. The summed E-state index contributed by atoms with van der Waals surface area (Å²) in [6, 6.07) is 3.79. The van der Waals surface area contributed by atoms with Crippen LogP contribution in [0, 0.1) is 5.41 Å². The third kappa shape index (κ3) is 5.47. The number of rotatable bonds is 8. The van der Waals surface area contributed by atoms with E-state index in [9.17, 15) is 4.79 Å². The molecule has 1 aliphatic rings. The first-order valence-corrected chi connectivity index (χ1v) is 10.9. The molecule has 1 aromatic heterocycles. The Morgan fingerprint density at radius 2 is 1.73 bits per heavy atom. The van der Waals surface area contributed by atoms with Gasteiger partial charge in [0, 0.05) is 31.4 Å². The van der Waals surface area contributed by atoms with E-state index in [0.717, 1.165) is 17.5 Å². The van der Waals surface area contributed by atoms with Crippen LogP contribution in [0.15, 0.2) is 18.3 Å². The van der Waals surface area contributed by atoms with Gasteiger partial charge in [-0.2, -0.15) is 4.98 Å². The first kappa shape index (κ1) is 24.6. The average molecular weight is 459 g/mol. The Hall–Kier alpha value is -3.07. The van der Waals surface area contributed by atoms with Crippen LogP contribution in [0.3, 0.4) is 0 Å². The highest BCUT2D eigenvalue weighted by Gasteiger charge is 2.35. The van der Waals surface area contributed by atoms with Gasteiger partial charge in [0.25, 0.3) is 0 Å². The first-order valence-electron chi connectivity index (χ1n) is 10.9. The second kappa shape index (κ2) is 10.2. The molecule has 33 heavy (non-hydrogen) atoms. The van der Waals surface area contributed by atoms with Gasteiger partial charge in [0.2, 0.25) is 11.8 Å². The molecule has 2 aromatic rings. The third-order valence-corrected chi connectivity index (χ3v) is 5.82. The molecular weight excluding hydrogens is 424 g/mol. The van der Waals surface area contributed by atoms with E-state index in [-0.39, 0.29) is 17.3 Å². The van der Waals surface area contributed by atoms with E-state index in [1.54, 1.807) is 27.5 Å². The van der Waals surface area contributed by atoms with Crippen molar-refractivity contribution in [3.05, 3.63) is 35.0 Å². The molecule has 0 aliphatic carbocycles. The zero-order valence-electron chi connectivity index (χ0n) is 20.5. The summed E-state index contributed by atoms with van der Waals surface area (Å²) in [5, 5.41) is 3.41. The second-order valence-electron chi connectivity index (χ2n) is 9.06. The Labute approximate surface area is 195 Å². The minimum Gasteiger partial charge on any atom is -0.493 e. The van der Waals surface area contributed by atoms with Gasteiger partial charge in [-0.1, -0.05) is 20.8 Å². The molecule has 1 N–H and O–H groups in total. The Bertz CT molecular complexity index is 990. The largest absolute Gasteiger partial charge is 0.493 e. The summed E-state index contributed by atoms with van der Waals surface area (Å²) in [7, 11) is 6.30. The molecule has 1 aromatic carbocycles. The smallest absolute Gasteiger partial charge is 0.319 e. The van der Waals surface area contributed by atoms with Gasteiger partial charge >= 0.3 is 6.01 Å². The van der Waals surface area contributed by atoms with Gasteiger partial charge in [0.15, 0.2) is 11.5 Å². The van der Waals surface area contributed by atoms with Crippen molar-refractivity contribution in [2.24, 2.45) is 5.41 Å². The monoisotopic (exact) mass is 458 g/mol. The Morgan fingerprint density at radius 1 is 1.06 bits per heavy atom. The van der Waals surface area contributed by atoms with E-state index < -0.39 is 6.04 Å². The predicted molar refractivity (Wildman–Crippen MR) is 124 cm³/mol. The standard InChI is InChI=1S/C24H34N4O5/c1-24(2,3)20(25-12-17-13-26-23(33-7)27-21(17)32-6)22(29)28-9-8-15-10-18(30-4)19(31-5)11-16(15)14-28/h10-11,13,20,25H,8-9,12,14H2,1-7H3. The van der Waals surface area contributed by atoms with Crippen molar-refractivity contribution in [2.75, 3.05) is 35.0 Å². The number of methoxy groups -OCH3 is 4. The van der Waals surface area contributed by atoms with Crippen LogP contribution in [0.1, 0.15) is 37.5 Å². The van der Waals surface area contributed by atoms with Gasteiger partial charge < -0.3 is 29.2 Å². The number of benzene rings is 1. The summed E-state index contributed by atoms with van der Waals surface area (Å²) in [6.45, 7) is 7.71. The van der Waals surface area contributed by atoms with Gasteiger partial charge in [-0.3, -0.25) is 4.79 Å². The van der Waals surface area contributed by atoms with Crippen molar-refractivity contribution >= 4 is 5.91 Å². The maximum Gasteiger partial charge on any atom is 0.319 e. The van der Waals surface area contributed by atoms with Crippen LogP contribution >= 0.6 is 0 Å². The zero-order chi connectivity index (χ0) is 24.2. The van der Waals surface area contributed by atoms with Crippen molar-refractivity contribution < 1.29 is 23.7 Å². The van der Waals surface area contributed by atoms with Crippen molar-refractivity contribution in [1.82, 2.24) is 20.2 Å². The molecule has 3 rings (SSSR count). The lowest BCUT2D eigenvalue weighted by Gasteiger charge is -2.37. The lowest BCUT2D eigenvalue weighted by molar-refractivity contribution is -0.137. The lowest BCUT2D eigenvalue weighted by atomic mass is 9.85. The number of aromatic nitrogens is 2. The van der Waals surface area contributed by atoms with Gasteiger partial charge in [-0.15, -0.1) is 0 Å². The van der Waals surface area contributed by atoms with Gasteiger partial charge in [0.05, 0.1) is 34.5 Å². The SMILES string of the molecule is COc1ncc(CNC(C(=O)N2CCc3cc(OC)c(OC)cc3C2)C(C)(C)C)c(OC)n1. The molecule has 0 saturated carbocycles. The van der Waals surface area contributed by atoms with E-state index in [1.165, 1.54) is 12.7 Å². The molecule has 1 unspecified atom stereocenters.